The summed E-state index contributed by atoms with van der Waals surface area (Å²) in [6.07, 6.45) is 0. The molecule has 1 heterocycles. The minimum Gasteiger partial charge on any atom is -0.330 e. The number of rotatable bonds is 1. The Bertz CT molecular complexity index is 391. The molecule has 0 radical (unpaired) electrons. The minimum atomic E-state index is -0.0932. The van der Waals surface area contributed by atoms with E-state index in [4.69, 9.17) is 0 Å². The van der Waals surface area contributed by atoms with Crippen molar-refractivity contribution < 1.29 is 4.79 Å². The lowest BCUT2D eigenvalue weighted by molar-refractivity contribution is -0.165. The van der Waals surface area contributed by atoms with Crippen LogP contribution in [0.4, 0.5) is 0 Å². The Balaban J connectivity index is 2.31. The molecule has 1 aromatic carbocycles. The molecule has 0 aromatic heterocycles. The van der Waals surface area contributed by atoms with Crippen LogP contribution in [0, 0.1) is 5.92 Å². The topological polar surface area (TPSA) is 20.3 Å². The molecule has 1 aliphatic rings. The maximum atomic E-state index is 11.9. The zero-order valence-electron chi connectivity index (χ0n) is 10.4. The lowest BCUT2D eigenvalue weighted by Gasteiger charge is -2.53. The third-order valence-corrected chi connectivity index (χ3v) is 3.24. The number of amides is 1. The molecule has 1 fully saturated rings. The van der Waals surface area contributed by atoms with Gasteiger partial charge in [0.25, 0.3) is 0 Å². The van der Waals surface area contributed by atoms with E-state index in [1.165, 1.54) is 5.56 Å². The van der Waals surface area contributed by atoms with Crippen molar-refractivity contribution in [3.05, 3.63) is 35.9 Å². The van der Waals surface area contributed by atoms with E-state index in [1.54, 1.807) is 0 Å². The van der Waals surface area contributed by atoms with Crippen LogP contribution < -0.4 is 0 Å². The van der Waals surface area contributed by atoms with Crippen molar-refractivity contribution in [2.24, 2.45) is 5.92 Å². The van der Waals surface area contributed by atoms with Gasteiger partial charge in [-0.3, -0.25) is 4.79 Å². The van der Waals surface area contributed by atoms with Gasteiger partial charge in [0.15, 0.2) is 0 Å². The highest BCUT2D eigenvalue weighted by molar-refractivity contribution is 5.86. The van der Waals surface area contributed by atoms with E-state index in [1.807, 2.05) is 30.0 Å². The molecule has 2 heteroatoms. The highest BCUT2D eigenvalue weighted by atomic mass is 16.2. The number of carbonyl (C=O) groups excluding carboxylic acids is 1. The van der Waals surface area contributed by atoms with Crippen molar-refractivity contribution in [1.82, 2.24) is 4.90 Å². The van der Waals surface area contributed by atoms with Gasteiger partial charge in [0.1, 0.15) is 0 Å². The van der Waals surface area contributed by atoms with E-state index in [0.29, 0.717) is 0 Å². The van der Waals surface area contributed by atoms with Crippen LogP contribution in [0.3, 0.4) is 0 Å². The van der Waals surface area contributed by atoms with Crippen molar-refractivity contribution in [3.63, 3.8) is 0 Å². The van der Waals surface area contributed by atoms with Crippen molar-refractivity contribution in [3.8, 4) is 0 Å². The molecule has 1 saturated heterocycles. The monoisotopic (exact) mass is 217 g/mol. The zero-order valence-corrected chi connectivity index (χ0v) is 10.4. The third kappa shape index (κ3) is 1.62. The molecule has 1 aromatic rings. The Kier molecular flexibility index (Phi) is 2.53. The second kappa shape index (κ2) is 3.62. The Morgan fingerprint density at radius 3 is 2.19 bits per heavy atom. The van der Waals surface area contributed by atoms with E-state index in [2.05, 4.69) is 32.9 Å². The van der Waals surface area contributed by atoms with Gasteiger partial charge in [-0.15, -0.1) is 0 Å². The molecule has 1 aliphatic heterocycles. The fourth-order valence-electron chi connectivity index (χ4n) is 2.47. The van der Waals surface area contributed by atoms with Crippen molar-refractivity contribution in [1.29, 1.82) is 0 Å². The van der Waals surface area contributed by atoms with E-state index in [-0.39, 0.29) is 23.4 Å². The van der Waals surface area contributed by atoms with Crippen molar-refractivity contribution >= 4 is 5.91 Å². The molecule has 1 amide bonds. The number of likely N-dealkylation sites (tertiary alicyclic amines) is 1. The summed E-state index contributed by atoms with van der Waals surface area (Å²) in [6.45, 7) is 8.29. The summed E-state index contributed by atoms with van der Waals surface area (Å²) >= 11 is 0. The number of carbonyl (C=O) groups is 1. The molecule has 0 bridgehead atoms. The molecule has 86 valence electrons. The molecule has 0 unspecified atom stereocenters. The van der Waals surface area contributed by atoms with Gasteiger partial charge in [0.05, 0.1) is 12.0 Å². The number of β-lactam (4-membered cyclic amide) rings is 1. The number of nitrogens with zero attached hydrogens (tertiary/aromatic N) is 1. The Morgan fingerprint density at radius 1 is 1.12 bits per heavy atom. The van der Waals surface area contributed by atoms with Gasteiger partial charge in [0.2, 0.25) is 5.91 Å². The molecule has 2 rings (SSSR count). The van der Waals surface area contributed by atoms with Gasteiger partial charge in [0, 0.05) is 5.54 Å². The van der Waals surface area contributed by atoms with Gasteiger partial charge >= 0.3 is 0 Å². The molecule has 16 heavy (non-hydrogen) atoms. The summed E-state index contributed by atoms with van der Waals surface area (Å²) in [5.74, 6) is 0.378. The number of hydrogen-bond donors (Lipinski definition) is 0. The molecule has 2 nitrogen and oxygen atoms in total. The molecule has 0 aliphatic carbocycles. The van der Waals surface area contributed by atoms with Crippen LogP contribution in [0.5, 0.6) is 0 Å². The summed E-state index contributed by atoms with van der Waals surface area (Å²) in [5, 5.41) is 0. The minimum absolute atomic E-state index is 0.0932. The van der Waals surface area contributed by atoms with Gasteiger partial charge < -0.3 is 4.90 Å². The summed E-state index contributed by atoms with van der Waals surface area (Å²) in [6, 6.07) is 10.5. The van der Waals surface area contributed by atoms with Crippen LogP contribution in [-0.4, -0.2) is 16.3 Å². The molecule has 2 atom stereocenters. The maximum absolute atomic E-state index is 11.9. The SMILES string of the molecule is C[C@@H]1C(=O)N(C(C)(C)C)[C@@H]1c1ccccc1. The maximum Gasteiger partial charge on any atom is 0.228 e. The zero-order chi connectivity index (χ0) is 11.9. The van der Waals surface area contributed by atoms with Crippen LogP contribution in [0.2, 0.25) is 0 Å². The largest absolute Gasteiger partial charge is 0.330 e. The predicted octanol–water partition coefficient (Wildman–Crippen LogP) is 3.00. The van der Waals surface area contributed by atoms with E-state index in [0.717, 1.165) is 0 Å². The van der Waals surface area contributed by atoms with Gasteiger partial charge in [-0.2, -0.15) is 0 Å². The fraction of sp³-hybridized carbons (Fsp3) is 0.500. The average Bonchev–Trinajstić information content (AvgIpc) is 2.23. The first-order chi connectivity index (χ1) is 7.43. The second-order valence-corrected chi connectivity index (χ2v) is 5.52. The Hall–Kier alpha value is -1.31. The van der Waals surface area contributed by atoms with Crippen LogP contribution in [-0.2, 0) is 4.79 Å². The summed E-state index contributed by atoms with van der Waals surface area (Å²) in [5.41, 5.74) is 1.15. The van der Waals surface area contributed by atoms with Gasteiger partial charge in [-0.1, -0.05) is 37.3 Å². The first kappa shape index (κ1) is 11.2. The summed E-state index contributed by atoms with van der Waals surface area (Å²) < 4.78 is 0. The van der Waals surface area contributed by atoms with Crippen LogP contribution in [0.1, 0.15) is 39.3 Å². The Labute approximate surface area is 97.3 Å². The Morgan fingerprint density at radius 2 is 1.69 bits per heavy atom. The van der Waals surface area contributed by atoms with E-state index < -0.39 is 0 Å². The average molecular weight is 217 g/mol. The van der Waals surface area contributed by atoms with Crippen LogP contribution in [0.15, 0.2) is 30.3 Å². The van der Waals surface area contributed by atoms with Crippen LogP contribution >= 0.6 is 0 Å². The molecule has 0 spiro atoms. The third-order valence-electron chi connectivity index (χ3n) is 3.24. The van der Waals surface area contributed by atoms with Crippen molar-refractivity contribution in [2.75, 3.05) is 0 Å². The highest BCUT2D eigenvalue weighted by Crippen LogP contribution is 2.44. The van der Waals surface area contributed by atoms with Crippen LogP contribution in [0.25, 0.3) is 0 Å². The smallest absolute Gasteiger partial charge is 0.228 e. The highest BCUT2D eigenvalue weighted by Gasteiger charge is 2.49. The van der Waals surface area contributed by atoms with Gasteiger partial charge in [-0.25, -0.2) is 0 Å². The second-order valence-electron chi connectivity index (χ2n) is 5.52. The molecular weight excluding hydrogens is 198 g/mol. The number of hydrogen-bond acceptors (Lipinski definition) is 1. The molecule has 0 N–H and O–H groups in total. The lowest BCUT2D eigenvalue weighted by Crippen LogP contribution is -2.61. The molecule has 0 saturated carbocycles. The molecular formula is C14H19NO. The quantitative estimate of drug-likeness (QED) is 0.662. The standard InChI is InChI=1S/C14H19NO/c1-10-12(11-8-6-5-7-9-11)15(13(10)16)14(2,3)4/h5-10,12H,1-4H3/t10-,12-/m0/s1. The number of benzene rings is 1. The normalized spacial score (nSPS) is 25.5. The lowest BCUT2D eigenvalue weighted by atomic mass is 9.80. The van der Waals surface area contributed by atoms with Gasteiger partial charge in [-0.05, 0) is 26.3 Å². The first-order valence-corrected chi connectivity index (χ1v) is 5.81. The first-order valence-electron chi connectivity index (χ1n) is 5.81. The fourth-order valence-corrected chi connectivity index (χ4v) is 2.47. The van der Waals surface area contributed by atoms with Crippen molar-refractivity contribution in [2.45, 2.75) is 39.3 Å². The summed E-state index contributed by atoms with van der Waals surface area (Å²) in [4.78, 5) is 13.9. The predicted molar refractivity (Wildman–Crippen MR) is 64.9 cm³/mol. The van der Waals surface area contributed by atoms with E-state index >= 15 is 0 Å². The summed E-state index contributed by atoms with van der Waals surface area (Å²) in [7, 11) is 0. The van der Waals surface area contributed by atoms with E-state index in [9.17, 15) is 4.79 Å².